The maximum absolute atomic E-state index is 12.5. The standard InChI is InChI=1S/C13H18N2O5S/c1-3-6-15(7-8-16)21(18,19)10-4-5-12(20-2)11(9-10)13(14)17/h3-5,9,16H,1,6-8H2,2H3,(H2,14,17). The van der Waals surface area contributed by atoms with E-state index in [2.05, 4.69) is 6.58 Å². The lowest BCUT2D eigenvalue weighted by Gasteiger charge is -2.20. The molecule has 0 atom stereocenters. The number of aliphatic hydroxyl groups is 1. The van der Waals surface area contributed by atoms with Crippen molar-refractivity contribution in [2.45, 2.75) is 4.90 Å². The third-order valence-corrected chi connectivity index (χ3v) is 4.62. The van der Waals surface area contributed by atoms with E-state index in [1.807, 2.05) is 0 Å². The van der Waals surface area contributed by atoms with Gasteiger partial charge in [0.1, 0.15) is 5.75 Å². The van der Waals surface area contributed by atoms with E-state index in [1.165, 1.54) is 25.3 Å². The van der Waals surface area contributed by atoms with Crippen molar-refractivity contribution in [1.29, 1.82) is 0 Å². The van der Waals surface area contributed by atoms with Gasteiger partial charge in [-0.1, -0.05) is 6.08 Å². The zero-order valence-corrected chi connectivity index (χ0v) is 12.5. The third-order valence-electron chi connectivity index (χ3n) is 2.76. The number of carbonyl (C=O) groups excluding carboxylic acids is 1. The van der Waals surface area contributed by atoms with Crippen LogP contribution in [0, 0.1) is 0 Å². The van der Waals surface area contributed by atoms with Crippen molar-refractivity contribution in [2.24, 2.45) is 5.73 Å². The number of nitrogens with zero attached hydrogens (tertiary/aromatic N) is 1. The van der Waals surface area contributed by atoms with Crippen LogP contribution < -0.4 is 10.5 Å². The van der Waals surface area contributed by atoms with Crippen LogP contribution in [0.1, 0.15) is 10.4 Å². The largest absolute Gasteiger partial charge is 0.496 e. The van der Waals surface area contributed by atoms with Crippen LogP contribution in [0.25, 0.3) is 0 Å². The molecule has 1 amide bonds. The van der Waals surface area contributed by atoms with Crippen LogP contribution in [-0.2, 0) is 10.0 Å². The van der Waals surface area contributed by atoms with Gasteiger partial charge in [0.05, 0.1) is 24.2 Å². The lowest BCUT2D eigenvalue weighted by molar-refractivity contribution is 0.0997. The number of sulfonamides is 1. The van der Waals surface area contributed by atoms with E-state index >= 15 is 0 Å². The molecule has 8 heteroatoms. The second kappa shape index (κ2) is 7.21. The molecule has 0 saturated carbocycles. The van der Waals surface area contributed by atoms with Crippen molar-refractivity contribution in [3.8, 4) is 5.75 Å². The van der Waals surface area contributed by atoms with Crippen LogP contribution in [0.2, 0.25) is 0 Å². The molecule has 0 aliphatic heterocycles. The zero-order valence-electron chi connectivity index (χ0n) is 11.7. The molecule has 0 aromatic heterocycles. The fraction of sp³-hybridized carbons (Fsp3) is 0.308. The molecule has 0 bridgehead atoms. The molecule has 1 rings (SSSR count). The van der Waals surface area contributed by atoms with Gasteiger partial charge in [0.25, 0.3) is 5.91 Å². The molecule has 1 aromatic rings. The summed E-state index contributed by atoms with van der Waals surface area (Å²) in [5.74, 6) is -0.597. The molecule has 7 nitrogen and oxygen atoms in total. The maximum atomic E-state index is 12.5. The number of ether oxygens (including phenoxy) is 1. The third kappa shape index (κ3) is 3.81. The van der Waals surface area contributed by atoms with Gasteiger partial charge >= 0.3 is 0 Å². The normalized spacial score (nSPS) is 11.4. The van der Waals surface area contributed by atoms with Gasteiger partial charge in [-0.25, -0.2) is 8.42 Å². The van der Waals surface area contributed by atoms with Crippen molar-refractivity contribution >= 4 is 15.9 Å². The van der Waals surface area contributed by atoms with Gasteiger partial charge in [-0.2, -0.15) is 4.31 Å². The molecule has 0 spiro atoms. The Morgan fingerprint density at radius 3 is 2.67 bits per heavy atom. The summed E-state index contributed by atoms with van der Waals surface area (Å²) in [6.45, 7) is 3.12. The lowest BCUT2D eigenvalue weighted by atomic mass is 10.2. The summed E-state index contributed by atoms with van der Waals surface area (Å²) < 4.78 is 30.9. The second-order valence-electron chi connectivity index (χ2n) is 4.10. The SMILES string of the molecule is C=CCN(CCO)S(=O)(=O)c1ccc(OC)c(C(N)=O)c1. The summed E-state index contributed by atoms with van der Waals surface area (Å²) in [6.07, 6.45) is 1.41. The van der Waals surface area contributed by atoms with E-state index in [0.717, 1.165) is 10.4 Å². The Kier molecular flexibility index (Phi) is 5.89. The Labute approximate surface area is 123 Å². The van der Waals surface area contributed by atoms with Crippen molar-refractivity contribution < 1.29 is 23.1 Å². The highest BCUT2D eigenvalue weighted by molar-refractivity contribution is 7.89. The highest BCUT2D eigenvalue weighted by atomic mass is 32.2. The fourth-order valence-corrected chi connectivity index (χ4v) is 3.18. The van der Waals surface area contributed by atoms with Gasteiger partial charge in [0, 0.05) is 13.1 Å². The first-order valence-electron chi connectivity index (χ1n) is 6.08. The predicted molar refractivity (Wildman–Crippen MR) is 77.6 cm³/mol. The topological polar surface area (TPSA) is 110 Å². The molecule has 0 heterocycles. The number of carbonyl (C=O) groups is 1. The minimum atomic E-state index is -3.87. The van der Waals surface area contributed by atoms with Crippen molar-refractivity contribution in [3.63, 3.8) is 0 Å². The second-order valence-corrected chi connectivity index (χ2v) is 6.04. The van der Waals surface area contributed by atoms with E-state index in [-0.39, 0.29) is 35.9 Å². The molecule has 21 heavy (non-hydrogen) atoms. The van der Waals surface area contributed by atoms with Gasteiger partial charge in [-0.3, -0.25) is 4.79 Å². The van der Waals surface area contributed by atoms with Gasteiger partial charge in [-0.15, -0.1) is 6.58 Å². The summed E-state index contributed by atoms with van der Waals surface area (Å²) in [6, 6.07) is 3.83. The number of methoxy groups -OCH3 is 1. The monoisotopic (exact) mass is 314 g/mol. The molecule has 0 aliphatic rings. The Balaban J connectivity index is 3.33. The number of amides is 1. The summed E-state index contributed by atoms with van der Waals surface area (Å²) in [5, 5.41) is 8.96. The first kappa shape index (κ1) is 17.2. The van der Waals surface area contributed by atoms with Gasteiger partial charge in [0.2, 0.25) is 10.0 Å². The molecule has 0 aliphatic carbocycles. The number of aliphatic hydroxyl groups excluding tert-OH is 1. The molecule has 0 fully saturated rings. The molecule has 0 unspecified atom stereocenters. The smallest absolute Gasteiger partial charge is 0.252 e. The van der Waals surface area contributed by atoms with E-state index < -0.39 is 15.9 Å². The van der Waals surface area contributed by atoms with Crippen LogP contribution in [0.5, 0.6) is 5.75 Å². The number of hydrogen-bond acceptors (Lipinski definition) is 5. The minimum absolute atomic E-state index is 0.0267. The molecule has 0 radical (unpaired) electrons. The van der Waals surface area contributed by atoms with Crippen LogP contribution >= 0.6 is 0 Å². The molecule has 1 aromatic carbocycles. The van der Waals surface area contributed by atoms with Crippen LogP contribution in [-0.4, -0.2) is 50.5 Å². The minimum Gasteiger partial charge on any atom is -0.496 e. The van der Waals surface area contributed by atoms with Crippen LogP contribution in [0.3, 0.4) is 0 Å². The van der Waals surface area contributed by atoms with Gasteiger partial charge in [0.15, 0.2) is 0 Å². The summed E-state index contributed by atoms with van der Waals surface area (Å²) >= 11 is 0. The summed E-state index contributed by atoms with van der Waals surface area (Å²) in [5.41, 5.74) is 5.19. The lowest BCUT2D eigenvalue weighted by Crippen LogP contribution is -2.34. The molecular formula is C13H18N2O5S. The first-order valence-corrected chi connectivity index (χ1v) is 7.52. The Hall–Kier alpha value is -1.90. The first-order chi connectivity index (χ1) is 9.88. The average Bonchev–Trinajstić information content (AvgIpc) is 2.46. The molecular weight excluding hydrogens is 296 g/mol. The van der Waals surface area contributed by atoms with E-state index in [1.54, 1.807) is 0 Å². The van der Waals surface area contributed by atoms with Gasteiger partial charge in [-0.05, 0) is 18.2 Å². The van der Waals surface area contributed by atoms with E-state index in [0.29, 0.717) is 0 Å². The van der Waals surface area contributed by atoms with E-state index in [9.17, 15) is 13.2 Å². The number of rotatable bonds is 8. The Bertz CT molecular complexity index is 627. The molecule has 3 N–H and O–H groups in total. The maximum Gasteiger partial charge on any atom is 0.252 e. The molecule has 0 saturated heterocycles. The number of hydrogen-bond donors (Lipinski definition) is 2. The van der Waals surface area contributed by atoms with E-state index in [4.69, 9.17) is 15.6 Å². The van der Waals surface area contributed by atoms with Crippen LogP contribution in [0.4, 0.5) is 0 Å². The Morgan fingerprint density at radius 2 is 2.19 bits per heavy atom. The van der Waals surface area contributed by atoms with Crippen LogP contribution in [0.15, 0.2) is 35.7 Å². The van der Waals surface area contributed by atoms with Crippen molar-refractivity contribution in [2.75, 3.05) is 26.8 Å². The molecule has 116 valence electrons. The number of benzene rings is 1. The number of primary amides is 1. The van der Waals surface area contributed by atoms with Gasteiger partial charge < -0.3 is 15.6 Å². The van der Waals surface area contributed by atoms with Crippen molar-refractivity contribution in [1.82, 2.24) is 4.31 Å². The fourth-order valence-electron chi connectivity index (χ4n) is 1.75. The summed E-state index contributed by atoms with van der Waals surface area (Å²) in [7, 11) is -2.51. The Morgan fingerprint density at radius 1 is 1.52 bits per heavy atom. The summed E-state index contributed by atoms with van der Waals surface area (Å²) in [4.78, 5) is 11.3. The predicted octanol–water partition coefficient (Wildman–Crippen LogP) is -0.0369. The van der Waals surface area contributed by atoms with Crippen molar-refractivity contribution in [3.05, 3.63) is 36.4 Å². The highest BCUT2D eigenvalue weighted by Crippen LogP contribution is 2.24. The quantitative estimate of drug-likeness (QED) is 0.654. The highest BCUT2D eigenvalue weighted by Gasteiger charge is 2.25. The average molecular weight is 314 g/mol. The number of nitrogens with two attached hydrogens (primary N) is 1. The zero-order chi connectivity index (χ0) is 16.0.